The van der Waals surface area contributed by atoms with E-state index in [1.54, 1.807) is 11.0 Å². The Bertz CT molecular complexity index is 1190. The van der Waals surface area contributed by atoms with Crippen LogP contribution in [0.1, 0.15) is 28.3 Å². The first-order chi connectivity index (χ1) is 16.7. The average Bonchev–Trinajstić information content (AvgIpc) is 2.89. The van der Waals surface area contributed by atoms with Gasteiger partial charge in [-0.25, -0.2) is 0 Å². The van der Waals surface area contributed by atoms with E-state index in [-0.39, 0.29) is 18.5 Å². The van der Waals surface area contributed by atoms with Gasteiger partial charge in [0.1, 0.15) is 31.3 Å². The molecule has 0 aromatic heterocycles. The van der Waals surface area contributed by atoms with Crippen molar-refractivity contribution in [3.05, 3.63) is 118 Å². The van der Waals surface area contributed by atoms with Crippen LogP contribution in [0.5, 0.6) is 11.5 Å². The minimum atomic E-state index is -0.390. The van der Waals surface area contributed by atoms with Gasteiger partial charge in [0.15, 0.2) is 0 Å². The van der Waals surface area contributed by atoms with Gasteiger partial charge < -0.3 is 14.4 Å². The second kappa shape index (κ2) is 11.1. The van der Waals surface area contributed by atoms with E-state index < -0.39 is 0 Å². The molecule has 0 N–H and O–H groups in total. The SMILES string of the molecule is C=C[C@@H]1c2c(cc(OCc3ccccc3)cc2OCc2ccccc2)CCN1C(=O)CN=[N+]=[N-]. The maximum atomic E-state index is 12.7. The number of fused-ring (bicyclic) bond motifs is 1. The number of hydrogen-bond donors (Lipinski definition) is 0. The monoisotopic (exact) mass is 454 g/mol. The number of amides is 1. The van der Waals surface area contributed by atoms with Gasteiger partial charge in [0.05, 0.1) is 6.04 Å². The highest BCUT2D eigenvalue weighted by Crippen LogP contribution is 2.40. The van der Waals surface area contributed by atoms with Crippen LogP contribution in [-0.2, 0) is 24.4 Å². The largest absolute Gasteiger partial charge is 0.489 e. The Kier molecular flexibility index (Phi) is 7.48. The highest BCUT2D eigenvalue weighted by Gasteiger charge is 2.32. The van der Waals surface area contributed by atoms with E-state index in [2.05, 4.69) is 16.6 Å². The van der Waals surface area contributed by atoms with Gasteiger partial charge in [-0.05, 0) is 34.7 Å². The molecule has 0 fully saturated rings. The highest BCUT2D eigenvalue weighted by molar-refractivity contribution is 5.80. The molecule has 0 aliphatic carbocycles. The number of hydrogen-bond acceptors (Lipinski definition) is 4. The number of carbonyl (C=O) groups excluding carboxylic acids is 1. The van der Waals surface area contributed by atoms with Gasteiger partial charge in [0, 0.05) is 23.1 Å². The third-order valence-corrected chi connectivity index (χ3v) is 5.75. The summed E-state index contributed by atoms with van der Waals surface area (Å²) in [6.45, 7) is 5.06. The van der Waals surface area contributed by atoms with Crippen LogP contribution in [0, 0.1) is 0 Å². The fourth-order valence-electron chi connectivity index (χ4n) is 4.12. The first-order valence-electron chi connectivity index (χ1n) is 11.1. The Labute approximate surface area is 198 Å². The topological polar surface area (TPSA) is 87.5 Å². The summed E-state index contributed by atoms with van der Waals surface area (Å²) in [4.78, 5) is 17.1. The fourth-order valence-corrected chi connectivity index (χ4v) is 4.12. The molecular formula is C27H26N4O3. The van der Waals surface area contributed by atoms with Crippen molar-refractivity contribution >= 4 is 5.91 Å². The van der Waals surface area contributed by atoms with Crippen LogP contribution < -0.4 is 9.47 Å². The molecule has 4 rings (SSSR count). The van der Waals surface area contributed by atoms with Crippen molar-refractivity contribution in [3.8, 4) is 11.5 Å². The van der Waals surface area contributed by atoms with E-state index in [0.717, 1.165) is 22.3 Å². The van der Waals surface area contributed by atoms with Gasteiger partial charge in [0.2, 0.25) is 5.91 Å². The normalized spacial score (nSPS) is 14.5. The summed E-state index contributed by atoms with van der Waals surface area (Å²) >= 11 is 0. The molecule has 0 saturated carbocycles. The molecule has 1 aliphatic heterocycles. The zero-order valence-electron chi connectivity index (χ0n) is 18.8. The molecular weight excluding hydrogens is 428 g/mol. The zero-order chi connectivity index (χ0) is 23.8. The van der Waals surface area contributed by atoms with Crippen molar-refractivity contribution in [2.45, 2.75) is 25.7 Å². The average molecular weight is 455 g/mol. The van der Waals surface area contributed by atoms with Crippen LogP contribution in [0.4, 0.5) is 0 Å². The maximum absolute atomic E-state index is 12.7. The van der Waals surface area contributed by atoms with E-state index >= 15 is 0 Å². The van der Waals surface area contributed by atoms with Gasteiger partial charge >= 0.3 is 0 Å². The second-order valence-corrected chi connectivity index (χ2v) is 7.95. The third kappa shape index (κ3) is 5.39. The Morgan fingerprint density at radius 2 is 1.71 bits per heavy atom. The summed E-state index contributed by atoms with van der Waals surface area (Å²) < 4.78 is 12.4. The van der Waals surface area contributed by atoms with Crippen LogP contribution >= 0.6 is 0 Å². The molecule has 172 valence electrons. The van der Waals surface area contributed by atoms with E-state index in [1.165, 1.54) is 0 Å². The molecule has 0 saturated heterocycles. The molecule has 3 aromatic carbocycles. The summed E-state index contributed by atoms with van der Waals surface area (Å²) in [6, 6.07) is 23.4. The molecule has 1 amide bonds. The number of carbonyl (C=O) groups is 1. The third-order valence-electron chi connectivity index (χ3n) is 5.75. The molecule has 0 bridgehead atoms. The van der Waals surface area contributed by atoms with Crippen LogP contribution in [0.3, 0.4) is 0 Å². The summed E-state index contributed by atoms with van der Waals surface area (Å²) in [5.41, 5.74) is 12.7. The molecule has 0 unspecified atom stereocenters. The first-order valence-corrected chi connectivity index (χ1v) is 11.1. The van der Waals surface area contributed by atoms with Crippen LogP contribution in [0.2, 0.25) is 0 Å². The van der Waals surface area contributed by atoms with Crippen molar-refractivity contribution in [1.29, 1.82) is 0 Å². The Balaban J connectivity index is 1.65. The van der Waals surface area contributed by atoms with E-state index in [0.29, 0.717) is 37.7 Å². The van der Waals surface area contributed by atoms with Crippen molar-refractivity contribution in [3.63, 3.8) is 0 Å². The highest BCUT2D eigenvalue weighted by atomic mass is 16.5. The molecule has 7 nitrogen and oxygen atoms in total. The van der Waals surface area contributed by atoms with Gasteiger partial charge in [-0.1, -0.05) is 71.9 Å². The summed E-state index contributed by atoms with van der Waals surface area (Å²) in [7, 11) is 0. The lowest BCUT2D eigenvalue weighted by Crippen LogP contribution is -2.40. The van der Waals surface area contributed by atoms with Crippen molar-refractivity contribution in [1.82, 2.24) is 4.90 Å². The van der Waals surface area contributed by atoms with Crippen LogP contribution in [0.15, 0.2) is 90.6 Å². The zero-order valence-corrected chi connectivity index (χ0v) is 18.8. The predicted molar refractivity (Wildman–Crippen MR) is 130 cm³/mol. The Hall–Kier alpha value is -4.22. The number of benzene rings is 3. The predicted octanol–water partition coefficient (Wildman–Crippen LogP) is 5.77. The minimum Gasteiger partial charge on any atom is -0.489 e. The molecule has 34 heavy (non-hydrogen) atoms. The lowest BCUT2D eigenvalue weighted by molar-refractivity contribution is -0.131. The summed E-state index contributed by atoms with van der Waals surface area (Å²) in [6.07, 6.45) is 2.36. The smallest absolute Gasteiger partial charge is 0.229 e. The number of azide groups is 1. The molecule has 1 heterocycles. The van der Waals surface area contributed by atoms with E-state index in [4.69, 9.17) is 15.0 Å². The second-order valence-electron chi connectivity index (χ2n) is 7.95. The fraction of sp³-hybridized carbons (Fsp3) is 0.222. The number of rotatable bonds is 9. The van der Waals surface area contributed by atoms with E-state index in [9.17, 15) is 4.79 Å². The lowest BCUT2D eigenvalue weighted by atomic mass is 9.91. The quantitative estimate of drug-likeness (QED) is 0.178. The van der Waals surface area contributed by atoms with Gasteiger partial charge in [-0.15, -0.1) is 6.58 Å². The molecule has 0 spiro atoms. The number of nitrogens with zero attached hydrogens (tertiary/aromatic N) is 4. The van der Waals surface area contributed by atoms with E-state index in [1.807, 2.05) is 72.8 Å². The molecule has 7 heteroatoms. The Morgan fingerprint density at radius 3 is 2.32 bits per heavy atom. The van der Waals surface area contributed by atoms with Crippen molar-refractivity contribution in [2.75, 3.05) is 13.1 Å². The molecule has 1 aliphatic rings. The van der Waals surface area contributed by atoms with Gasteiger partial charge in [-0.2, -0.15) is 0 Å². The first kappa shape index (κ1) is 23.0. The summed E-state index contributed by atoms with van der Waals surface area (Å²) in [5.74, 6) is 1.12. The summed E-state index contributed by atoms with van der Waals surface area (Å²) in [5, 5.41) is 3.44. The van der Waals surface area contributed by atoms with Crippen LogP contribution in [0.25, 0.3) is 10.4 Å². The lowest BCUT2D eigenvalue weighted by Gasteiger charge is -2.36. The van der Waals surface area contributed by atoms with Gasteiger partial charge in [-0.3, -0.25) is 4.79 Å². The minimum absolute atomic E-state index is 0.228. The molecule has 1 atom stereocenters. The molecule has 0 radical (unpaired) electrons. The van der Waals surface area contributed by atoms with Crippen molar-refractivity contribution < 1.29 is 14.3 Å². The van der Waals surface area contributed by atoms with Crippen molar-refractivity contribution in [2.24, 2.45) is 5.11 Å². The number of ether oxygens (including phenoxy) is 2. The Morgan fingerprint density at radius 1 is 1.06 bits per heavy atom. The van der Waals surface area contributed by atoms with Crippen LogP contribution in [-0.4, -0.2) is 23.9 Å². The molecule has 3 aromatic rings. The van der Waals surface area contributed by atoms with Gasteiger partial charge in [0.25, 0.3) is 0 Å². The maximum Gasteiger partial charge on any atom is 0.229 e. The standard InChI is InChI=1S/C27H26N4O3/c1-2-24-27-22(13-14-31(24)26(32)17-29-30-28)15-23(33-18-20-9-5-3-6-10-20)16-25(27)34-19-21-11-7-4-8-12-21/h2-12,15-16,24H,1,13-14,17-19H2/t24-/m1/s1.